The first-order valence-electron chi connectivity index (χ1n) is 13.3. The van der Waals surface area contributed by atoms with Crippen molar-refractivity contribution in [3.05, 3.63) is 95.2 Å². The van der Waals surface area contributed by atoms with Gasteiger partial charge >= 0.3 is 12.1 Å². The number of ether oxygens (including phenoxy) is 1. The Labute approximate surface area is 232 Å². The summed E-state index contributed by atoms with van der Waals surface area (Å²) in [5.41, 5.74) is 5.72. The van der Waals surface area contributed by atoms with Crippen LogP contribution in [0.5, 0.6) is 0 Å². The van der Waals surface area contributed by atoms with E-state index in [9.17, 15) is 18.0 Å². The molecule has 0 fully saturated rings. The van der Waals surface area contributed by atoms with E-state index in [2.05, 4.69) is 5.16 Å². The van der Waals surface area contributed by atoms with Gasteiger partial charge < -0.3 is 14.2 Å². The second-order valence-electron chi connectivity index (χ2n) is 9.75. The van der Waals surface area contributed by atoms with Gasteiger partial charge in [0.05, 0.1) is 12.2 Å². The monoisotopic (exact) mass is 550 g/mol. The Morgan fingerprint density at radius 3 is 2.23 bits per heavy atom. The van der Waals surface area contributed by atoms with Crippen LogP contribution < -0.4 is 4.90 Å². The molecule has 4 rings (SSSR count). The van der Waals surface area contributed by atoms with Crippen LogP contribution in [0.25, 0.3) is 22.5 Å². The number of carbonyl (C=O) groups is 1. The molecule has 1 aromatic heterocycles. The molecule has 0 radical (unpaired) electrons. The minimum absolute atomic E-state index is 0.189. The predicted molar refractivity (Wildman–Crippen MR) is 150 cm³/mol. The fraction of sp³-hybridized carbons (Fsp3) is 0.312. The summed E-state index contributed by atoms with van der Waals surface area (Å²) in [5, 5.41) is 4.18. The third-order valence-corrected chi connectivity index (χ3v) is 6.78. The van der Waals surface area contributed by atoms with Crippen molar-refractivity contribution < 1.29 is 27.2 Å². The molecule has 0 aliphatic carbocycles. The SMILES string of the molecule is CCOC(=O)CCc1ccc(-c2ccc(-c3onc(C)c3N(C)CCCc3cccc(C(F)(F)F)c3)cc2)cc1. The Balaban J connectivity index is 1.39. The van der Waals surface area contributed by atoms with E-state index in [1.807, 2.05) is 67.4 Å². The smallest absolute Gasteiger partial charge is 0.416 e. The van der Waals surface area contributed by atoms with Gasteiger partial charge in [-0.15, -0.1) is 0 Å². The van der Waals surface area contributed by atoms with Gasteiger partial charge in [0.25, 0.3) is 0 Å². The third kappa shape index (κ3) is 7.31. The number of aryl methyl sites for hydroxylation is 3. The van der Waals surface area contributed by atoms with Crippen molar-refractivity contribution in [1.29, 1.82) is 0 Å². The van der Waals surface area contributed by atoms with Crippen molar-refractivity contribution in [2.24, 2.45) is 0 Å². The lowest BCUT2D eigenvalue weighted by atomic mass is 10.00. The first kappa shape index (κ1) is 28.9. The van der Waals surface area contributed by atoms with Crippen LogP contribution in [0, 0.1) is 6.92 Å². The van der Waals surface area contributed by atoms with Gasteiger partial charge in [0.15, 0.2) is 5.76 Å². The van der Waals surface area contributed by atoms with Crippen LogP contribution in [0.3, 0.4) is 0 Å². The highest BCUT2D eigenvalue weighted by molar-refractivity contribution is 5.77. The Kier molecular flexibility index (Phi) is 9.30. The number of anilines is 1. The van der Waals surface area contributed by atoms with Gasteiger partial charge in [-0.3, -0.25) is 4.79 Å². The standard InChI is InChI=1S/C32H33F3N2O3/c1-4-39-29(38)19-12-23-10-13-25(14-11-23)26-15-17-27(18-16-26)31-30(22(2)36-40-31)37(3)20-6-8-24-7-5-9-28(21-24)32(33,34)35/h5,7,9-11,13-18,21H,4,6,8,12,19-20H2,1-3H3. The van der Waals surface area contributed by atoms with E-state index in [0.717, 1.165) is 39.7 Å². The van der Waals surface area contributed by atoms with Crippen molar-refractivity contribution in [1.82, 2.24) is 5.16 Å². The van der Waals surface area contributed by atoms with Crippen molar-refractivity contribution in [3.63, 3.8) is 0 Å². The topological polar surface area (TPSA) is 55.6 Å². The molecule has 1 heterocycles. The molecule has 8 heteroatoms. The summed E-state index contributed by atoms with van der Waals surface area (Å²) in [7, 11) is 1.94. The summed E-state index contributed by atoms with van der Waals surface area (Å²) in [4.78, 5) is 13.6. The first-order chi connectivity index (χ1) is 19.2. The minimum atomic E-state index is -4.34. The van der Waals surface area contributed by atoms with E-state index >= 15 is 0 Å². The van der Waals surface area contributed by atoms with Crippen LogP contribution in [0.4, 0.5) is 18.9 Å². The molecular weight excluding hydrogens is 517 g/mol. The molecule has 0 aliphatic rings. The van der Waals surface area contributed by atoms with Gasteiger partial charge in [-0.25, -0.2) is 0 Å². The molecule has 0 saturated carbocycles. The van der Waals surface area contributed by atoms with Gasteiger partial charge in [0, 0.05) is 25.6 Å². The second-order valence-corrected chi connectivity index (χ2v) is 9.75. The third-order valence-electron chi connectivity index (χ3n) is 6.78. The highest BCUT2D eigenvalue weighted by Gasteiger charge is 2.30. The normalized spacial score (nSPS) is 11.4. The van der Waals surface area contributed by atoms with Gasteiger partial charge in [-0.2, -0.15) is 13.2 Å². The van der Waals surface area contributed by atoms with Gasteiger partial charge in [0.1, 0.15) is 11.4 Å². The fourth-order valence-corrected chi connectivity index (χ4v) is 4.70. The lowest BCUT2D eigenvalue weighted by molar-refractivity contribution is -0.143. The zero-order valence-corrected chi connectivity index (χ0v) is 22.9. The summed E-state index contributed by atoms with van der Waals surface area (Å²) in [6.07, 6.45) is -2.13. The Bertz CT molecular complexity index is 1410. The lowest BCUT2D eigenvalue weighted by Crippen LogP contribution is -2.20. The van der Waals surface area contributed by atoms with E-state index in [1.54, 1.807) is 13.0 Å². The summed E-state index contributed by atoms with van der Waals surface area (Å²) in [6.45, 7) is 4.70. The maximum atomic E-state index is 13.0. The lowest BCUT2D eigenvalue weighted by Gasteiger charge is -2.19. The van der Waals surface area contributed by atoms with Crippen LogP contribution in [-0.2, 0) is 28.5 Å². The number of nitrogens with zero attached hydrogens (tertiary/aromatic N) is 2. The molecular formula is C32H33F3N2O3. The Hall–Kier alpha value is -4.07. The molecule has 0 spiro atoms. The molecule has 5 nitrogen and oxygen atoms in total. The minimum Gasteiger partial charge on any atom is -0.466 e. The predicted octanol–water partition coefficient (Wildman–Crippen LogP) is 7.90. The number of halogens is 3. The fourth-order valence-electron chi connectivity index (χ4n) is 4.70. The number of esters is 1. The molecule has 0 atom stereocenters. The second kappa shape index (κ2) is 12.9. The molecule has 0 aliphatic heterocycles. The van der Waals surface area contributed by atoms with Crippen LogP contribution in [0.15, 0.2) is 77.3 Å². The molecule has 3 aromatic carbocycles. The van der Waals surface area contributed by atoms with E-state index in [-0.39, 0.29) is 5.97 Å². The molecule has 40 heavy (non-hydrogen) atoms. The number of hydrogen-bond donors (Lipinski definition) is 0. The quantitative estimate of drug-likeness (QED) is 0.178. The van der Waals surface area contributed by atoms with Crippen LogP contribution in [0.1, 0.15) is 42.1 Å². The number of benzene rings is 3. The van der Waals surface area contributed by atoms with Gasteiger partial charge in [0.2, 0.25) is 0 Å². The van der Waals surface area contributed by atoms with E-state index < -0.39 is 11.7 Å². The Morgan fingerprint density at radius 2 is 1.57 bits per heavy atom. The largest absolute Gasteiger partial charge is 0.466 e. The average Bonchev–Trinajstić information content (AvgIpc) is 3.33. The summed E-state index contributed by atoms with van der Waals surface area (Å²) in [6, 6.07) is 21.6. The van der Waals surface area contributed by atoms with E-state index in [1.165, 1.54) is 12.1 Å². The number of hydrogen-bond acceptors (Lipinski definition) is 5. The zero-order chi connectivity index (χ0) is 28.7. The first-order valence-corrected chi connectivity index (χ1v) is 13.3. The average molecular weight is 551 g/mol. The van der Waals surface area contributed by atoms with E-state index in [4.69, 9.17) is 9.26 Å². The highest BCUT2D eigenvalue weighted by Crippen LogP contribution is 2.35. The molecule has 210 valence electrons. The van der Waals surface area contributed by atoms with Crippen LogP contribution in [0.2, 0.25) is 0 Å². The molecule has 0 amide bonds. The molecule has 0 bridgehead atoms. The van der Waals surface area contributed by atoms with Crippen molar-refractivity contribution in [2.75, 3.05) is 25.1 Å². The molecule has 0 N–H and O–H groups in total. The van der Waals surface area contributed by atoms with Gasteiger partial charge in [-0.1, -0.05) is 71.9 Å². The summed E-state index contributed by atoms with van der Waals surface area (Å²) < 4.78 is 49.8. The summed E-state index contributed by atoms with van der Waals surface area (Å²) in [5.74, 6) is 0.463. The van der Waals surface area contributed by atoms with Crippen LogP contribution in [-0.4, -0.2) is 31.3 Å². The van der Waals surface area contributed by atoms with Crippen LogP contribution >= 0.6 is 0 Å². The zero-order valence-electron chi connectivity index (χ0n) is 22.9. The highest BCUT2D eigenvalue weighted by atomic mass is 19.4. The number of alkyl halides is 3. The van der Waals surface area contributed by atoms with Crippen molar-refractivity contribution >= 4 is 11.7 Å². The number of carbonyl (C=O) groups excluding carboxylic acids is 1. The summed E-state index contributed by atoms with van der Waals surface area (Å²) >= 11 is 0. The van der Waals surface area contributed by atoms with Crippen molar-refractivity contribution in [2.45, 2.75) is 45.7 Å². The van der Waals surface area contributed by atoms with Gasteiger partial charge in [-0.05, 0) is 61.4 Å². The van der Waals surface area contributed by atoms with Crippen molar-refractivity contribution in [3.8, 4) is 22.5 Å². The maximum Gasteiger partial charge on any atom is 0.416 e. The molecule has 0 unspecified atom stereocenters. The molecule has 0 saturated heterocycles. The maximum absolute atomic E-state index is 13.0. The number of rotatable bonds is 11. The molecule has 4 aromatic rings. The van der Waals surface area contributed by atoms with E-state index in [0.29, 0.717) is 50.2 Å². The number of aromatic nitrogens is 1. The Morgan fingerprint density at radius 1 is 0.925 bits per heavy atom.